The summed E-state index contributed by atoms with van der Waals surface area (Å²) >= 11 is 0. The molecule has 6 aliphatic heterocycles. The van der Waals surface area contributed by atoms with E-state index in [1.165, 1.54) is 0 Å². The van der Waals surface area contributed by atoms with Gasteiger partial charge in [-0.3, -0.25) is 14.4 Å². The van der Waals surface area contributed by atoms with Crippen LogP contribution in [0.3, 0.4) is 0 Å². The molecule has 6 heterocycles. The molecule has 7 aliphatic rings. The minimum Gasteiger partial charge on any atom is -0.483 e. The Morgan fingerprint density at radius 2 is 1.88 bits per heavy atom. The molecule has 4 saturated heterocycles. The van der Waals surface area contributed by atoms with Gasteiger partial charge >= 0.3 is 0 Å². The highest BCUT2D eigenvalue weighted by molar-refractivity contribution is 6.17. The van der Waals surface area contributed by atoms with Gasteiger partial charge in [-0.2, -0.15) is 0 Å². The van der Waals surface area contributed by atoms with E-state index < -0.39 is 27.6 Å². The van der Waals surface area contributed by atoms with E-state index in [9.17, 15) is 14.4 Å². The second-order valence-corrected chi connectivity index (χ2v) is 12.0. The third-order valence-corrected chi connectivity index (χ3v) is 9.69. The number of anilines is 1. The van der Waals surface area contributed by atoms with Gasteiger partial charge in [-0.15, -0.1) is 0 Å². The smallest absolute Gasteiger partial charge is 0.249 e. The molecule has 7 heteroatoms. The number of Topliss-reactive ketones (excluding diaryl/α,β-unsaturated/α-hetero) is 1. The van der Waals surface area contributed by atoms with Crippen LogP contribution in [-0.4, -0.2) is 51.3 Å². The predicted octanol–water partition coefficient (Wildman–Crippen LogP) is 2.90. The lowest BCUT2D eigenvalue weighted by molar-refractivity contribution is -0.175. The minimum atomic E-state index is -1.03. The van der Waals surface area contributed by atoms with Crippen LogP contribution in [0.1, 0.15) is 69.3 Å². The summed E-state index contributed by atoms with van der Waals surface area (Å²) in [6.45, 7) is 8.79. The lowest BCUT2D eigenvalue weighted by Gasteiger charge is -2.58. The standard InChI is InChI=1S/C26H29N3O4/c1-22(2)8-6-14-10-16-15(11-17(14)33-22)19(30)26(27-16)13-25-18(23(26,3)4)12-24(20(31)28-25)7-5-9-29(24)21(25)32/h6,8,10-11,18,27H,5,7,9,12-13H2,1-4H3,(H,28,31). The van der Waals surface area contributed by atoms with Crippen LogP contribution in [-0.2, 0) is 9.59 Å². The normalized spacial score (nSPS) is 40.2. The van der Waals surface area contributed by atoms with E-state index >= 15 is 0 Å². The Kier molecular flexibility index (Phi) is 3.14. The first-order chi connectivity index (χ1) is 15.5. The summed E-state index contributed by atoms with van der Waals surface area (Å²) in [6, 6.07) is 3.83. The summed E-state index contributed by atoms with van der Waals surface area (Å²) in [5.74, 6) is 0.541. The Balaban J connectivity index is 1.36. The molecular weight excluding hydrogens is 418 g/mol. The quantitative estimate of drug-likeness (QED) is 0.639. The number of rotatable bonds is 0. The molecule has 1 aromatic rings. The molecule has 0 aromatic heterocycles. The van der Waals surface area contributed by atoms with Crippen molar-refractivity contribution in [1.29, 1.82) is 0 Å². The topological polar surface area (TPSA) is 87.7 Å². The fourth-order valence-corrected chi connectivity index (χ4v) is 7.94. The summed E-state index contributed by atoms with van der Waals surface area (Å²) in [4.78, 5) is 43.1. The van der Waals surface area contributed by atoms with Crippen LogP contribution in [0.15, 0.2) is 18.2 Å². The molecule has 4 unspecified atom stereocenters. The second kappa shape index (κ2) is 5.29. The number of piperidine rings is 2. The number of carbonyl (C=O) groups excluding carboxylic acids is 3. The van der Waals surface area contributed by atoms with Crippen molar-refractivity contribution >= 4 is 29.4 Å². The maximum absolute atomic E-state index is 14.2. The van der Waals surface area contributed by atoms with Crippen molar-refractivity contribution in [3.63, 3.8) is 0 Å². The fraction of sp³-hybridized carbons (Fsp3) is 0.577. The molecule has 2 bridgehead atoms. The van der Waals surface area contributed by atoms with E-state index in [4.69, 9.17) is 4.74 Å². The Morgan fingerprint density at radius 1 is 1.09 bits per heavy atom. The van der Waals surface area contributed by atoms with Crippen molar-refractivity contribution in [2.75, 3.05) is 11.9 Å². The molecule has 1 aromatic carbocycles. The molecule has 4 atom stereocenters. The number of nitrogens with one attached hydrogen (secondary N) is 2. The van der Waals surface area contributed by atoms with Crippen LogP contribution >= 0.6 is 0 Å². The Morgan fingerprint density at radius 3 is 2.67 bits per heavy atom. The number of hydrogen-bond donors (Lipinski definition) is 2. The zero-order valence-corrected chi connectivity index (χ0v) is 19.5. The number of ether oxygens (including phenoxy) is 1. The summed E-state index contributed by atoms with van der Waals surface area (Å²) in [7, 11) is 0. The molecule has 1 saturated carbocycles. The fourth-order valence-electron chi connectivity index (χ4n) is 7.94. The number of fused-ring (bicyclic) bond motifs is 3. The number of ketones is 1. The molecule has 33 heavy (non-hydrogen) atoms. The van der Waals surface area contributed by atoms with Crippen molar-refractivity contribution in [2.45, 2.75) is 75.6 Å². The number of nitrogens with zero attached hydrogens (tertiary/aromatic N) is 1. The highest BCUT2D eigenvalue weighted by Crippen LogP contribution is 2.67. The minimum absolute atomic E-state index is 0.00123. The number of carbonyl (C=O) groups is 3. The Bertz CT molecular complexity index is 1230. The SMILES string of the molecule is CC1(C)C=Cc2cc3c(cc2O1)C(=O)C1(CC24NC(=O)C5(CCCN5C2=O)CC4C1(C)C)N3. The largest absolute Gasteiger partial charge is 0.483 e. The van der Waals surface area contributed by atoms with Gasteiger partial charge in [0, 0.05) is 41.1 Å². The highest BCUT2D eigenvalue weighted by Gasteiger charge is 2.80. The van der Waals surface area contributed by atoms with E-state index in [1.54, 1.807) is 0 Å². The van der Waals surface area contributed by atoms with Crippen LogP contribution in [0.25, 0.3) is 6.08 Å². The number of hydrogen-bond acceptors (Lipinski definition) is 5. The molecule has 8 rings (SSSR count). The lowest BCUT2D eigenvalue weighted by Crippen LogP contribution is -2.81. The summed E-state index contributed by atoms with van der Waals surface area (Å²) in [5.41, 5.74) is -1.39. The molecule has 3 spiro atoms. The van der Waals surface area contributed by atoms with E-state index in [2.05, 4.69) is 24.5 Å². The molecular formula is C26H29N3O4. The maximum atomic E-state index is 14.2. The highest BCUT2D eigenvalue weighted by atomic mass is 16.5. The van der Waals surface area contributed by atoms with Gasteiger partial charge in [0.05, 0.1) is 0 Å². The van der Waals surface area contributed by atoms with Crippen LogP contribution < -0.4 is 15.4 Å². The Hall–Kier alpha value is -2.83. The van der Waals surface area contributed by atoms with Gasteiger partial charge in [0.15, 0.2) is 5.78 Å². The van der Waals surface area contributed by atoms with Gasteiger partial charge in [0.25, 0.3) is 0 Å². The zero-order chi connectivity index (χ0) is 23.2. The van der Waals surface area contributed by atoms with Crippen molar-refractivity contribution < 1.29 is 19.1 Å². The summed E-state index contributed by atoms with van der Waals surface area (Å²) in [5, 5.41) is 6.76. The second-order valence-electron chi connectivity index (χ2n) is 12.0. The lowest BCUT2D eigenvalue weighted by atomic mass is 9.59. The summed E-state index contributed by atoms with van der Waals surface area (Å²) < 4.78 is 6.13. The first-order valence-corrected chi connectivity index (χ1v) is 12.0. The van der Waals surface area contributed by atoms with Crippen LogP contribution in [0.5, 0.6) is 5.75 Å². The van der Waals surface area contributed by atoms with Gasteiger partial charge in [0.2, 0.25) is 11.8 Å². The Labute approximate surface area is 192 Å². The van der Waals surface area contributed by atoms with E-state index in [-0.39, 0.29) is 29.9 Å². The van der Waals surface area contributed by atoms with Gasteiger partial charge in [-0.05, 0) is 51.3 Å². The molecule has 2 amide bonds. The van der Waals surface area contributed by atoms with Gasteiger partial charge in [-0.1, -0.05) is 19.9 Å². The molecule has 172 valence electrons. The van der Waals surface area contributed by atoms with Crippen molar-refractivity contribution in [3.05, 3.63) is 29.3 Å². The molecule has 0 radical (unpaired) electrons. The van der Waals surface area contributed by atoms with Crippen LogP contribution in [0.4, 0.5) is 5.69 Å². The molecule has 5 fully saturated rings. The van der Waals surface area contributed by atoms with E-state index in [1.807, 2.05) is 43.0 Å². The van der Waals surface area contributed by atoms with Crippen molar-refractivity contribution in [1.82, 2.24) is 10.2 Å². The van der Waals surface area contributed by atoms with Gasteiger partial charge in [0.1, 0.15) is 28.0 Å². The predicted molar refractivity (Wildman–Crippen MR) is 122 cm³/mol. The first kappa shape index (κ1) is 19.6. The van der Waals surface area contributed by atoms with Gasteiger partial charge < -0.3 is 20.3 Å². The number of amides is 2. The average Bonchev–Trinajstić information content (AvgIpc) is 3.34. The van der Waals surface area contributed by atoms with Crippen molar-refractivity contribution in [2.24, 2.45) is 11.3 Å². The van der Waals surface area contributed by atoms with E-state index in [0.29, 0.717) is 30.7 Å². The number of piperazine rings is 1. The zero-order valence-electron chi connectivity index (χ0n) is 19.5. The maximum Gasteiger partial charge on any atom is 0.249 e. The summed E-state index contributed by atoms with van der Waals surface area (Å²) in [6.07, 6.45) is 6.50. The molecule has 2 N–H and O–H groups in total. The number of benzene rings is 1. The monoisotopic (exact) mass is 447 g/mol. The third kappa shape index (κ3) is 1.95. The molecule has 1 aliphatic carbocycles. The average molecular weight is 448 g/mol. The third-order valence-electron chi connectivity index (χ3n) is 9.69. The van der Waals surface area contributed by atoms with Crippen LogP contribution in [0.2, 0.25) is 0 Å². The molecule has 7 nitrogen and oxygen atoms in total. The van der Waals surface area contributed by atoms with Crippen molar-refractivity contribution in [3.8, 4) is 5.75 Å². The van der Waals surface area contributed by atoms with E-state index in [0.717, 1.165) is 17.7 Å². The first-order valence-electron chi connectivity index (χ1n) is 12.0. The van der Waals surface area contributed by atoms with Gasteiger partial charge in [-0.25, -0.2) is 0 Å². The van der Waals surface area contributed by atoms with Crippen LogP contribution in [0, 0.1) is 11.3 Å².